The third kappa shape index (κ3) is 2.80. The van der Waals surface area contributed by atoms with Gasteiger partial charge in [-0.1, -0.05) is 42.0 Å². The van der Waals surface area contributed by atoms with Crippen LogP contribution in [0.5, 0.6) is 5.75 Å². The van der Waals surface area contributed by atoms with Crippen LogP contribution in [-0.4, -0.2) is 21.5 Å². The van der Waals surface area contributed by atoms with Crippen LogP contribution in [0.2, 0.25) is 0 Å². The summed E-state index contributed by atoms with van der Waals surface area (Å²) in [6, 6.07) is 16.2. The Morgan fingerprint density at radius 3 is 2.64 bits per heavy atom. The molecule has 0 fully saturated rings. The molecule has 0 radical (unpaired) electrons. The zero-order valence-electron chi connectivity index (χ0n) is 14.1. The molecule has 5 nitrogen and oxygen atoms in total. The summed E-state index contributed by atoms with van der Waals surface area (Å²) in [5.74, 6) is 1.66. The lowest BCUT2D eigenvalue weighted by Gasteiger charge is -2.12. The molecular formula is C20H18N4O. The van der Waals surface area contributed by atoms with E-state index in [4.69, 9.17) is 9.72 Å². The summed E-state index contributed by atoms with van der Waals surface area (Å²) in [5.41, 5.74) is 4.81. The molecule has 4 aromatic rings. The quantitative estimate of drug-likeness (QED) is 0.600. The van der Waals surface area contributed by atoms with Crippen LogP contribution in [-0.2, 0) is 0 Å². The third-order valence-corrected chi connectivity index (χ3v) is 4.12. The number of benzene rings is 2. The Bertz CT molecular complexity index is 1020. The number of imidazole rings is 1. The maximum absolute atomic E-state index is 5.46. The number of fused-ring (bicyclic) bond motifs is 1. The van der Waals surface area contributed by atoms with Gasteiger partial charge in [0.1, 0.15) is 17.3 Å². The van der Waals surface area contributed by atoms with Gasteiger partial charge in [-0.3, -0.25) is 9.38 Å². The Balaban J connectivity index is 1.89. The Labute approximate surface area is 145 Å². The number of aryl methyl sites for hydroxylation is 1. The highest BCUT2D eigenvalue weighted by molar-refractivity contribution is 5.80. The van der Waals surface area contributed by atoms with Crippen molar-refractivity contribution in [1.29, 1.82) is 0 Å². The SMILES string of the molecule is COc1ccccc1Nc1c(-c2ccc(C)cc2)nc2cnccn12. The third-order valence-electron chi connectivity index (χ3n) is 4.12. The number of aromatic nitrogens is 3. The van der Waals surface area contributed by atoms with Gasteiger partial charge in [0.15, 0.2) is 5.65 Å². The lowest BCUT2D eigenvalue weighted by atomic mass is 10.1. The van der Waals surface area contributed by atoms with E-state index in [1.54, 1.807) is 19.5 Å². The topological polar surface area (TPSA) is 51.5 Å². The van der Waals surface area contributed by atoms with E-state index in [2.05, 4.69) is 41.5 Å². The summed E-state index contributed by atoms with van der Waals surface area (Å²) >= 11 is 0. The Morgan fingerprint density at radius 1 is 1.04 bits per heavy atom. The average Bonchev–Trinajstić information content (AvgIpc) is 3.01. The second kappa shape index (κ2) is 6.28. The second-order valence-corrected chi connectivity index (χ2v) is 5.80. The first kappa shape index (κ1) is 15.2. The summed E-state index contributed by atoms with van der Waals surface area (Å²) in [6.07, 6.45) is 5.41. The van der Waals surface area contributed by atoms with Gasteiger partial charge in [0.05, 0.1) is 19.0 Å². The van der Waals surface area contributed by atoms with E-state index in [9.17, 15) is 0 Å². The fourth-order valence-corrected chi connectivity index (χ4v) is 2.81. The lowest BCUT2D eigenvalue weighted by Crippen LogP contribution is -1.99. The van der Waals surface area contributed by atoms with E-state index >= 15 is 0 Å². The fourth-order valence-electron chi connectivity index (χ4n) is 2.81. The number of methoxy groups -OCH3 is 1. The zero-order valence-corrected chi connectivity index (χ0v) is 14.1. The minimum atomic E-state index is 0.779. The molecule has 0 unspecified atom stereocenters. The van der Waals surface area contributed by atoms with E-state index in [0.717, 1.165) is 34.2 Å². The molecule has 0 spiro atoms. The van der Waals surface area contributed by atoms with Crippen molar-refractivity contribution in [3.05, 3.63) is 72.7 Å². The molecule has 0 atom stereocenters. The monoisotopic (exact) mass is 330 g/mol. The first-order valence-corrected chi connectivity index (χ1v) is 8.05. The molecule has 0 saturated heterocycles. The molecule has 25 heavy (non-hydrogen) atoms. The first-order chi connectivity index (χ1) is 12.3. The Hall–Kier alpha value is -3.34. The largest absolute Gasteiger partial charge is 0.495 e. The Kier molecular flexibility index (Phi) is 3.82. The van der Waals surface area contributed by atoms with Gasteiger partial charge in [-0.25, -0.2) is 4.98 Å². The number of hydrogen-bond acceptors (Lipinski definition) is 4. The molecule has 4 rings (SSSR count). The first-order valence-electron chi connectivity index (χ1n) is 8.05. The van der Waals surface area contributed by atoms with E-state index in [1.165, 1.54) is 5.56 Å². The number of hydrogen-bond donors (Lipinski definition) is 1. The summed E-state index contributed by atoms with van der Waals surface area (Å²) in [4.78, 5) is 8.94. The standard InChI is InChI=1S/C20H18N4O/c1-14-7-9-15(10-8-14)19-20(24-12-11-21-13-18(24)23-19)22-16-5-3-4-6-17(16)25-2/h3-13,22H,1-2H3. The minimum Gasteiger partial charge on any atom is -0.495 e. The van der Waals surface area contributed by atoms with Crippen molar-refractivity contribution in [3.8, 4) is 17.0 Å². The molecule has 2 aromatic carbocycles. The molecule has 0 aliphatic carbocycles. The molecule has 1 N–H and O–H groups in total. The summed E-state index contributed by atoms with van der Waals surface area (Å²) in [6.45, 7) is 2.07. The summed E-state index contributed by atoms with van der Waals surface area (Å²) in [5, 5.41) is 3.48. The maximum Gasteiger partial charge on any atom is 0.157 e. The Morgan fingerprint density at radius 2 is 1.84 bits per heavy atom. The molecular weight excluding hydrogens is 312 g/mol. The molecule has 2 aromatic heterocycles. The van der Waals surface area contributed by atoms with Crippen molar-refractivity contribution in [2.75, 3.05) is 12.4 Å². The number of ether oxygens (including phenoxy) is 1. The number of nitrogens with zero attached hydrogens (tertiary/aromatic N) is 3. The van der Waals surface area contributed by atoms with E-state index < -0.39 is 0 Å². The lowest BCUT2D eigenvalue weighted by molar-refractivity contribution is 0.417. The van der Waals surface area contributed by atoms with Crippen molar-refractivity contribution in [3.63, 3.8) is 0 Å². The van der Waals surface area contributed by atoms with Crippen LogP contribution in [0.15, 0.2) is 67.1 Å². The number of para-hydroxylation sites is 2. The van der Waals surface area contributed by atoms with Crippen LogP contribution >= 0.6 is 0 Å². The molecule has 0 aliphatic heterocycles. The summed E-state index contributed by atoms with van der Waals surface area (Å²) in [7, 11) is 1.67. The average molecular weight is 330 g/mol. The van der Waals surface area contributed by atoms with E-state index in [0.29, 0.717) is 0 Å². The molecule has 0 amide bonds. The molecule has 0 saturated carbocycles. The second-order valence-electron chi connectivity index (χ2n) is 5.80. The van der Waals surface area contributed by atoms with Gasteiger partial charge < -0.3 is 10.1 Å². The molecule has 124 valence electrons. The molecule has 2 heterocycles. The number of rotatable bonds is 4. The molecule has 5 heteroatoms. The van der Waals surface area contributed by atoms with Gasteiger partial charge in [0.25, 0.3) is 0 Å². The zero-order chi connectivity index (χ0) is 17.2. The smallest absolute Gasteiger partial charge is 0.157 e. The van der Waals surface area contributed by atoms with Crippen molar-refractivity contribution in [2.24, 2.45) is 0 Å². The normalized spacial score (nSPS) is 10.8. The van der Waals surface area contributed by atoms with Gasteiger partial charge in [0.2, 0.25) is 0 Å². The van der Waals surface area contributed by atoms with Crippen LogP contribution in [0, 0.1) is 6.92 Å². The number of nitrogens with one attached hydrogen (secondary N) is 1. The molecule has 0 bridgehead atoms. The van der Waals surface area contributed by atoms with Crippen LogP contribution in [0.1, 0.15) is 5.56 Å². The predicted molar refractivity (Wildman–Crippen MR) is 99.4 cm³/mol. The van der Waals surface area contributed by atoms with Crippen molar-refractivity contribution in [1.82, 2.24) is 14.4 Å². The van der Waals surface area contributed by atoms with Gasteiger partial charge in [-0.2, -0.15) is 0 Å². The van der Waals surface area contributed by atoms with Crippen LogP contribution in [0.4, 0.5) is 11.5 Å². The van der Waals surface area contributed by atoms with Gasteiger partial charge in [-0.05, 0) is 19.1 Å². The maximum atomic E-state index is 5.46. The minimum absolute atomic E-state index is 0.779. The van der Waals surface area contributed by atoms with Crippen molar-refractivity contribution >= 4 is 17.2 Å². The van der Waals surface area contributed by atoms with Gasteiger partial charge in [0, 0.05) is 18.0 Å². The predicted octanol–water partition coefficient (Wildman–Crippen LogP) is 4.46. The van der Waals surface area contributed by atoms with Crippen LogP contribution in [0.3, 0.4) is 0 Å². The van der Waals surface area contributed by atoms with Crippen molar-refractivity contribution in [2.45, 2.75) is 6.92 Å². The van der Waals surface area contributed by atoms with Gasteiger partial charge >= 0.3 is 0 Å². The van der Waals surface area contributed by atoms with Gasteiger partial charge in [-0.15, -0.1) is 0 Å². The number of anilines is 2. The highest BCUT2D eigenvalue weighted by Crippen LogP contribution is 2.34. The van der Waals surface area contributed by atoms with Crippen LogP contribution < -0.4 is 10.1 Å². The molecule has 0 aliphatic rings. The summed E-state index contributed by atoms with van der Waals surface area (Å²) < 4.78 is 7.46. The van der Waals surface area contributed by atoms with Crippen LogP contribution in [0.25, 0.3) is 16.9 Å². The van der Waals surface area contributed by atoms with E-state index in [-0.39, 0.29) is 0 Å². The highest BCUT2D eigenvalue weighted by Gasteiger charge is 2.15. The highest BCUT2D eigenvalue weighted by atomic mass is 16.5. The fraction of sp³-hybridized carbons (Fsp3) is 0.100. The van der Waals surface area contributed by atoms with E-state index in [1.807, 2.05) is 34.9 Å². The van der Waals surface area contributed by atoms with Crippen molar-refractivity contribution < 1.29 is 4.74 Å².